The number of hydrogen-bond donors (Lipinski definition) is 0. The van der Waals surface area contributed by atoms with Crippen molar-refractivity contribution < 1.29 is 0 Å². The summed E-state index contributed by atoms with van der Waals surface area (Å²) < 4.78 is 0. The average molecular weight is 246 g/mol. The van der Waals surface area contributed by atoms with Gasteiger partial charge in [0.05, 0.1) is 0 Å². The van der Waals surface area contributed by atoms with Gasteiger partial charge in [-0.1, -0.05) is 82.6 Å². The largest absolute Gasteiger partial charge is 0.0988 e. The minimum atomic E-state index is 1.12. The fourth-order valence-electron chi connectivity index (χ4n) is 1.83. The molecule has 0 nitrogen and oxygen atoms in total. The maximum absolute atomic E-state index is 4.08. The average Bonchev–Trinajstić information content (AvgIpc) is 2.37. The predicted molar refractivity (Wildman–Crippen MR) is 84.8 cm³/mol. The summed E-state index contributed by atoms with van der Waals surface area (Å²) in [7, 11) is 0. The molecule has 0 radical (unpaired) electrons. The third-order valence-electron chi connectivity index (χ3n) is 3.07. The van der Waals surface area contributed by atoms with Crippen LogP contribution in [0.5, 0.6) is 0 Å². The molecule has 18 heavy (non-hydrogen) atoms. The van der Waals surface area contributed by atoms with Gasteiger partial charge in [0.25, 0.3) is 0 Å². The minimum absolute atomic E-state index is 1.12. The molecule has 0 aromatic rings. The summed E-state index contributed by atoms with van der Waals surface area (Å²) in [6.07, 6.45) is 18.3. The summed E-state index contributed by atoms with van der Waals surface area (Å²) in [6, 6.07) is 0. The van der Waals surface area contributed by atoms with Gasteiger partial charge in [0.2, 0.25) is 0 Å². The van der Waals surface area contributed by atoms with Crippen LogP contribution in [-0.4, -0.2) is 0 Å². The van der Waals surface area contributed by atoms with Crippen LogP contribution in [-0.2, 0) is 0 Å². The van der Waals surface area contributed by atoms with Crippen LogP contribution in [0.3, 0.4) is 0 Å². The van der Waals surface area contributed by atoms with E-state index in [9.17, 15) is 0 Å². The van der Waals surface area contributed by atoms with Crippen molar-refractivity contribution in [1.82, 2.24) is 0 Å². The van der Waals surface area contributed by atoms with Crippen LogP contribution >= 0.6 is 0 Å². The maximum Gasteiger partial charge on any atom is -0.0279 e. The van der Waals surface area contributed by atoms with E-state index in [2.05, 4.69) is 45.2 Å². The van der Waals surface area contributed by atoms with E-state index in [1.807, 2.05) is 6.08 Å². The van der Waals surface area contributed by atoms with Gasteiger partial charge in [-0.3, -0.25) is 0 Å². The van der Waals surface area contributed by atoms with Crippen molar-refractivity contribution in [3.05, 3.63) is 48.6 Å². The molecule has 0 heterocycles. The molecule has 0 N–H and O–H groups in total. The Hall–Kier alpha value is -1.04. The van der Waals surface area contributed by atoms with Crippen LogP contribution in [0.2, 0.25) is 0 Å². The van der Waals surface area contributed by atoms with Gasteiger partial charge in [0.1, 0.15) is 0 Å². The van der Waals surface area contributed by atoms with E-state index in [0.29, 0.717) is 0 Å². The summed E-state index contributed by atoms with van der Waals surface area (Å²) >= 11 is 0. The van der Waals surface area contributed by atoms with Gasteiger partial charge in [-0.05, 0) is 31.3 Å². The zero-order chi connectivity index (χ0) is 13.6. The van der Waals surface area contributed by atoms with Crippen LogP contribution in [0, 0.1) is 0 Å². The fourth-order valence-corrected chi connectivity index (χ4v) is 1.83. The van der Waals surface area contributed by atoms with Gasteiger partial charge in [-0.15, -0.1) is 0 Å². The second kappa shape index (κ2) is 12.4. The Kier molecular flexibility index (Phi) is 11.7. The predicted octanol–water partition coefficient (Wildman–Crippen LogP) is 6.37. The van der Waals surface area contributed by atoms with Gasteiger partial charge in [0, 0.05) is 0 Å². The molecular formula is C18H30. The lowest BCUT2D eigenvalue weighted by Gasteiger charge is -2.00. The highest BCUT2D eigenvalue weighted by Gasteiger charge is 1.92. The molecule has 0 spiro atoms. The highest BCUT2D eigenvalue weighted by atomic mass is 14.0. The molecule has 0 unspecified atom stereocenters. The zero-order valence-corrected chi connectivity index (χ0v) is 12.4. The van der Waals surface area contributed by atoms with E-state index in [1.165, 1.54) is 49.7 Å². The second-order valence-electron chi connectivity index (χ2n) is 4.88. The van der Waals surface area contributed by atoms with Crippen LogP contribution in [0.25, 0.3) is 0 Å². The van der Waals surface area contributed by atoms with E-state index in [0.717, 1.165) is 12.8 Å². The van der Waals surface area contributed by atoms with E-state index in [1.54, 1.807) is 0 Å². The Labute approximate surface area is 114 Å². The Morgan fingerprint density at radius 1 is 0.944 bits per heavy atom. The molecule has 0 fully saturated rings. The number of rotatable bonds is 11. The first-order valence-electron chi connectivity index (χ1n) is 7.42. The van der Waals surface area contributed by atoms with Crippen LogP contribution in [0.1, 0.15) is 65.2 Å². The summed E-state index contributed by atoms with van der Waals surface area (Å²) in [5.74, 6) is 0. The molecule has 0 saturated heterocycles. The Morgan fingerprint density at radius 3 is 2.11 bits per heavy atom. The van der Waals surface area contributed by atoms with E-state index in [4.69, 9.17) is 0 Å². The molecule has 0 atom stereocenters. The smallest absolute Gasteiger partial charge is 0.0279 e. The normalized spacial score (nSPS) is 12.0. The second-order valence-corrected chi connectivity index (χ2v) is 4.88. The van der Waals surface area contributed by atoms with Crippen molar-refractivity contribution in [2.45, 2.75) is 65.2 Å². The molecule has 0 saturated carbocycles. The Bertz CT molecular complexity index is 278. The first-order valence-corrected chi connectivity index (χ1v) is 7.42. The molecule has 0 aliphatic rings. The van der Waals surface area contributed by atoms with E-state index in [-0.39, 0.29) is 0 Å². The third kappa shape index (κ3) is 10.1. The zero-order valence-electron chi connectivity index (χ0n) is 12.4. The maximum atomic E-state index is 4.08. The Balaban J connectivity index is 3.98. The van der Waals surface area contributed by atoms with E-state index < -0.39 is 0 Å². The third-order valence-corrected chi connectivity index (χ3v) is 3.07. The van der Waals surface area contributed by atoms with E-state index >= 15 is 0 Å². The topological polar surface area (TPSA) is 0 Å². The van der Waals surface area contributed by atoms with Crippen LogP contribution in [0.4, 0.5) is 0 Å². The monoisotopic (exact) mass is 246 g/mol. The van der Waals surface area contributed by atoms with Crippen molar-refractivity contribution >= 4 is 0 Å². The molecule has 0 aromatic carbocycles. The van der Waals surface area contributed by atoms with Gasteiger partial charge in [-0.25, -0.2) is 0 Å². The number of allylic oxidation sites excluding steroid dienone is 6. The fraction of sp³-hybridized carbons (Fsp3) is 0.556. The Morgan fingerprint density at radius 2 is 1.56 bits per heavy atom. The molecule has 0 bridgehead atoms. The molecule has 0 aromatic heterocycles. The minimum Gasteiger partial charge on any atom is -0.0988 e. The lowest BCUT2D eigenvalue weighted by atomic mass is 10.1. The van der Waals surface area contributed by atoms with Gasteiger partial charge < -0.3 is 0 Å². The summed E-state index contributed by atoms with van der Waals surface area (Å²) in [5.41, 5.74) is 2.57. The standard InChI is InChI=1S/C18H30/c1-5-8-10-13-17(4)14-12-16-18(7-3)15-11-9-6-2/h7,12,14,16H,3-6,8-11,13,15H2,1-2H3. The van der Waals surface area contributed by atoms with Gasteiger partial charge in [-0.2, -0.15) is 0 Å². The highest BCUT2D eigenvalue weighted by molar-refractivity contribution is 5.26. The van der Waals surface area contributed by atoms with Crippen molar-refractivity contribution in [3.8, 4) is 0 Å². The quantitative estimate of drug-likeness (QED) is 0.293. The first-order chi connectivity index (χ1) is 8.74. The number of unbranched alkanes of at least 4 members (excludes halogenated alkanes) is 4. The lowest BCUT2D eigenvalue weighted by molar-refractivity contribution is 0.719. The first kappa shape index (κ1) is 17.0. The summed E-state index contributed by atoms with van der Waals surface area (Å²) in [4.78, 5) is 0. The van der Waals surface area contributed by atoms with Gasteiger partial charge >= 0.3 is 0 Å². The summed E-state index contributed by atoms with van der Waals surface area (Å²) in [6.45, 7) is 12.4. The lowest BCUT2D eigenvalue weighted by Crippen LogP contribution is -1.80. The van der Waals surface area contributed by atoms with Crippen molar-refractivity contribution in [3.63, 3.8) is 0 Å². The SMILES string of the molecule is C=CC(=CC=CC(=C)CCCCC)CCCCC. The molecular weight excluding hydrogens is 216 g/mol. The van der Waals surface area contributed by atoms with Crippen molar-refractivity contribution in [2.24, 2.45) is 0 Å². The van der Waals surface area contributed by atoms with Crippen LogP contribution < -0.4 is 0 Å². The van der Waals surface area contributed by atoms with Crippen molar-refractivity contribution in [1.29, 1.82) is 0 Å². The van der Waals surface area contributed by atoms with Crippen molar-refractivity contribution in [2.75, 3.05) is 0 Å². The number of hydrogen-bond acceptors (Lipinski definition) is 0. The molecule has 0 amide bonds. The highest BCUT2D eigenvalue weighted by Crippen LogP contribution is 2.11. The molecule has 0 aliphatic heterocycles. The molecule has 102 valence electrons. The van der Waals surface area contributed by atoms with Crippen LogP contribution in [0.15, 0.2) is 48.6 Å². The van der Waals surface area contributed by atoms with Gasteiger partial charge in [0.15, 0.2) is 0 Å². The molecule has 0 aliphatic carbocycles. The molecule has 0 rings (SSSR count). The molecule has 0 heteroatoms. The summed E-state index contributed by atoms with van der Waals surface area (Å²) in [5, 5.41) is 0.